The summed E-state index contributed by atoms with van der Waals surface area (Å²) in [5.41, 5.74) is 8.05. The first-order chi connectivity index (χ1) is 9.63. The maximum absolute atomic E-state index is 12.9. The van der Waals surface area contributed by atoms with Crippen molar-refractivity contribution < 1.29 is 27.5 Å². The number of hydrogen-bond donors (Lipinski definition) is 3. The summed E-state index contributed by atoms with van der Waals surface area (Å²) in [6.45, 7) is 0. The predicted octanol–water partition coefficient (Wildman–Crippen LogP) is 1.72. The molecule has 6 nitrogen and oxygen atoms in total. The summed E-state index contributed by atoms with van der Waals surface area (Å²) in [5, 5.41) is 2.09. The summed E-state index contributed by atoms with van der Waals surface area (Å²) >= 11 is 0.619. The second-order valence-corrected chi connectivity index (χ2v) is 5.63. The highest BCUT2D eigenvalue weighted by Crippen LogP contribution is 2.53. The van der Waals surface area contributed by atoms with Gasteiger partial charge in [0.1, 0.15) is 15.4 Å². The Morgan fingerprint density at radius 2 is 1.95 bits per heavy atom. The summed E-state index contributed by atoms with van der Waals surface area (Å²) < 4.78 is 43.3. The van der Waals surface area contributed by atoms with E-state index >= 15 is 0 Å². The molecule has 1 fully saturated rings. The number of primary amides is 1. The van der Waals surface area contributed by atoms with Gasteiger partial charge >= 0.3 is 12.1 Å². The lowest BCUT2D eigenvalue weighted by Crippen LogP contribution is -2.38. The van der Waals surface area contributed by atoms with Gasteiger partial charge in [0, 0.05) is 0 Å². The van der Waals surface area contributed by atoms with Gasteiger partial charge in [0.25, 0.3) is 5.91 Å². The van der Waals surface area contributed by atoms with Gasteiger partial charge in [-0.3, -0.25) is 4.79 Å². The molecule has 21 heavy (non-hydrogen) atoms. The topological polar surface area (TPSA) is 107 Å². The minimum Gasteiger partial charge on any atom is -0.465 e. The highest BCUT2D eigenvalue weighted by atomic mass is 32.1. The van der Waals surface area contributed by atoms with Gasteiger partial charge < -0.3 is 21.5 Å². The van der Waals surface area contributed by atoms with Crippen molar-refractivity contribution in [2.75, 3.05) is 18.2 Å². The molecule has 1 saturated carbocycles. The van der Waals surface area contributed by atoms with Crippen LogP contribution in [0, 0.1) is 0 Å². The summed E-state index contributed by atoms with van der Waals surface area (Å²) in [4.78, 5) is 22.7. The molecule has 1 aliphatic rings. The van der Waals surface area contributed by atoms with Crippen LogP contribution < -0.4 is 16.8 Å². The number of esters is 1. The molecule has 116 valence electrons. The zero-order valence-corrected chi connectivity index (χ0v) is 11.7. The molecule has 0 aromatic carbocycles. The van der Waals surface area contributed by atoms with Crippen LogP contribution in [-0.2, 0) is 4.74 Å². The third-order valence-corrected chi connectivity index (χ3v) is 4.31. The number of methoxy groups -OCH3 is 1. The minimum absolute atomic E-state index is 0.125. The fourth-order valence-electron chi connectivity index (χ4n) is 1.84. The number of carbonyl (C=O) groups is 2. The van der Waals surface area contributed by atoms with Crippen molar-refractivity contribution in [2.45, 2.75) is 24.6 Å². The zero-order valence-electron chi connectivity index (χ0n) is 10.8. The molecule has 1 aromatic rings. The molecule has 0 unspecified atom stereocenters. The minimum atomic E-state index is -4.48. The number of thiophene rings is 1. The Morgan fingerprint density at radius 3 is 2.33 bits per heavy atom. The first-order valence-corrected chi connectivity index (χ1v) is 6.60. The van der Waals surface area contributed by atoms with Gasteiger partial charge in [-0.1, -0.05) is 0 Å². The molecule has 0 aliphatic heterocycles. The number of hydrogen-bond acceptors (Lipinski definition) is 6. The Bertz CT molecular complexity index is 608. The van der Waals surface area contributed by atoms with Crippen LogP contribution >= 0.6 is 11.3 Å². The Hall–Kier alpha value is -1.97. The van der Waals surface area contributed by atoms with E-state index in [2.05, 4.69) is 10.1 Å². The number of ether oxygens (including phenoxy) is 1. The zero-order chi connectivity index (χ0) is 16.0. The van der Waals surface area contributed by atoms with Gasteiger partial charge in [0.15, 0.2) is 0 Å². The smallest absolute Gasteiger partial charge is 0.411 e. The molecule has 0 spiro atoms. The van der Waals surface area contributed by atoms with Crippen molar-refractivity contribution in [1.82, 2.24) is 0 Å². The molecule has 10 heteroatoms. The summed E-state index contributed by atoms with van der Waals surface area (Å²) in [5.74, 6) is -1.86. The first kappa shape index (κ1) is 15.4. The highest BCUT2D eigenvalue weighted by Gasteiger charge is 2.64. The SMILES string of the molecule is COC(=O)c1sc(NC2(C(F)(F)F)CC2)c(C(N)=O)c1N. The van der Waals surface area contributed by atoms with Gasteiger partial charge in [0.05, 0.1) is 18.4 Å². The number of halogens is 3. The van der Waals surface area contributed by atoms with E-state index in [0.29, 0.717) is 11.3 Å². The van der Waals surface area contributed by atoms with E-state index in [-0.39, 0.29) is 34.0 Å². The molecule has 0 saturated heterocycles. The summed E-state index contributed by atoms with van der Waals surface area (Å²) in [7, 11) is 1.09. The molecular formula is C11H12F3N3O3S. The first-order valence-electron chi connectivity index (χ1n) is 5.78. The van der Waals surface area contributed by atoms with Crippen molar-refractivity contribution in [1.29, 1.82) is 0 Å². The molecular weight excluding hydrogens is 311 g/mol. The number of nitrogen functional groups attached to an aromatic ring is 1. The molecule has 1 aliphatic carbocycles. The predicted molar refractivity (Wildman–Crippen MR) is 70.2 cm³/mol. The average molecular weight is 323 g/mol. The fourth-order valence-corrected chi connectivity index (χ4v) is 2.98. The molecule has 2 rings (SSSR count). The normalized spacial score (nSPS) is 16.4. The third kappa shape index (κ3) is 2.50. The number of amides is 1. The molecule has 0 bridgehead atoms. The second-order valence-electron chi connectivity index (χ2n) is 4.61. The van der Waals surface area contributed by atoms with Crippen LogP contribution in [0.3, 0.4) is 0 Å². The van der Waals surface area contributed by atoms with Crippen molar-refractivity contribution in [3.05, 3.63) is 10.4 Å². The quantitative estimate of drug-likeness (QED) is 0.731. The van der Waals surface area contributed by atoms with E-state index in [0.717, 1.165) is 7.11 Å². The number of rotatable bonds is 4. The van der Waals surface area contributed by atoms with Gasteiger partial charge in [-0.15, -0.1) is 11.3 Å². The van der Waals surface area contributed by atoms with E-state index < -0.39 is 23.6 Å². The second kappa shape index (κ2) is 4.79. The van der Waals surface area contributed by atoms with Crippen LogP contribution in [0.2, 0.25) is 0 Å². The van der Waals surface area contributed by atoms with Crippen LogP contribution in [0.5, 0.6) is 0 Å². The van der Waals surface area contributed by atoms with E-state index in [1.807, 2.05) is 0 Å². The van der Waals surface area contributed by atoms with Gasteiger partial charge in [-0.25, -0.2) is 4.79 Å². The van der Waals surface area contributed by atoms with E-state index in [1.54, 1.807) is 0 Å². The van der Waals surface area contributed by atoms with Crippen LogP contribution in [0.15, 0.2) is 0 Å². The van der Waals surface area contributed by atoms with Crippen molar-refractivity contribution >= 4 is 33.9 Å². The van der Waals surface area contributed by atoms with Crippen LogP contribution in [0.4, 0.5) is 23.9 Å². The lowest BCUT2D eigenvalue weighted by Gasteiger charge is -2.21. The fraction of sp³-hybridized carbons (Fsp3) is 0.455. The Balaban J connectivity index is 2.44. The largest absolute Gasteiger partial charge is 0.465 e. The number of anilines is 2. The molecule has 0 atom stereocenters. The van der Waals surface area contributed by atoms with Gasteiger partial charge in [0.2, 0.25) is 0 Å². The Morgan fingerprint density at radius 1 is 1.38 bits per heavy atom. The lowest BCUT2D eigenvalue weighted by atomic mass is 10.2. The van der Waals surface area contributed by atoms with Crippen LogP contribution in [0.25, 0.3) is 0 Å². The number of nitrogens with two attached hydrogens (primary N) is 2. The maximum Gasteiger partial charge on any atom is 0.411 e. The van der Waals surface area contributed by atoms with Gasteiger partial charge in [-0.05, 0) is 12.8 Å². The van der Waals surface area contributed by atoms with Crippen molar-refractivity contribution in [3.63, 3.8) is 0 Å². The van der Waals surface area contributed by atoms with E-state index in [9.17, 15) is 22.8 Å². The monoisotopic (exact) mass is 323 g/mol. The molecule has 1 heterocycles. The number of carbonyl (C=O) groups excluding carboxylic acids is 2. The van der Waals surface area contributed by atoms with Crippen LogP contribution in [-0.4, -0.2) is 30.7 Å². The maximum atomic E-state index is 12.9. The summed E-state index contributed by atoms with van der Waals surface area (Å²) in [6.07, 6.45) is -4.73. The van der Waals surface area contributed by atoms with Crippen molar-refractivity contribution in [2.24, 2.45) is 5.73 Å². The molecule has 5 N–H and O–H groups in total. The van der Waals surface area contributed by atoms with E-state index in [1.165, 1.54) is 0 Å². The number of alkyl halides is 3. The standard InChI is InChI=1S/C11H12F3N3O3S/c1-20-9(19)6-5(15)4(7(16)18)8(21-6)17-10(2-3-10)11(12,13)14/h17H,2-3,15H2,1H3,(H2,16,18). The number of nitrogens with one attached hydrogen (secondary N) is 1. The summed E-state index contributed by atoms with van der Waals surface area (Å²) in [6, 6.07) is 0. The Kier molecular flexibility index (Phi) is 3.52. The van der Waals surface area contributed by atoms with Gasteiger partial charge in [-0.2, -0.15) is 13.2 Å². The van der Waals surface area contributed by atoms with Crippen LogP contribution in [0.1, 0.15) is 32.9 Å². The molecule has 0 radical (unpaired) electrons. The third-order valence-electron chi connectivity index (χ3n) is 3.21. The average Bonchev–Trinajstić information content (AvgIpc) is 3.07. The lowest BCUT2D eigenvalue weighted by molar-refractivity contribution is -0.151. The molecule has 1 amide bonds. The van der Waals surface area contributed by atoms with Crippen molar-refractivity contribution in [3.8, 4) is 0 Å². The highest BCUT2D eigenvalue weighted by molar-refractivity contribution is 7.19. The Labute approximate surface area is 121 Å². The molecule has 1 aromatic heterocycles. The van der Waals surface area contributed by atoms with E-state index in [4.69, 9.17) is 11.5 Å².